The van der Waals surface area contributed by atoms with Gasteiger partial charge in [-0.15, -0.1) is 0 Å². The minimum atomic E-state index is 0.475. The zero-order valence-electron chi connectivity index (χ0n) is 39.9. The van der Waals surface area contributed by atoms with Crippen LogP contribution in [0.1, 0.15) is 20.3 Å². The number of para-hydroxylation sites is 4. The van der Waals surface area contributed by atoms with E-state index in [-0.39, 0.29) is 0 Å². The molecule has 0 aliphatic carbocycles. The number of hydrogen-bond acceptors (Lipinski definition) is 6. The Balaban J connectivity index is 0.00000154. The number of rotatable bonds is 4. The van der Waals surface area contributed by atoms with E-state index in [0.717, 1.165) is 137 Å². The van der Waals surface area contributed by atoms with E-state index >= 15 is 0 Å². The molecule has 7 heteroatoms. The predicted molar refractivity (Wildman–Crippen MR) is 301 cm³/mol. The quantitative estimate of drug-likeness (QED) is 0.164. The van der Waals surface area contributed by atoms with E-state index in [1.807, 2.05) is 42.5 Å². The lowest BCUT2D eigenvalue weighted by atomic mass is 9.93. The normalized spacial score (nSPS) is 12.0. The van der Waals surface area contributed by atoms with Crippen LogP contribution in [0.15, 0.2) is 220 Å². The zero-order chi connectivity index (χ0) is 48.3. The fourth-order valence-electron chi connectivity index (χ4n) is 11.4. The second-order valence-electron chi connectivity index (χ2n) is 18.9. The van der Waals surface area contributed by atoms with Crippen LogP contribution in [0.5, 0.6) is 0 Å². The fourth-order valence-corrected chi connectivity index (χ4v) is 11.4. The summed E-state index contributed by atoms with van der Waals surface area (Å²) in [6.07, 6.45) is 1.25. The molecular formula is C66H42N4O3. The number of benzene rings is 11. The summed E-state index contributed by atoms with van der Waals surface area (Å²) in [6.45, 7) is 4.25. The first kappa shape index (κ1) is 41.2. The Hall–Kier alpha value is -9.59. The first-order valence-electron chi connectivity index (χ1n) is 24.9. The largest absolute Gasteiger partial charge is 0.456 e. The second-order valence-corrected chi connectivity index (χ2v) is 18.9. The Morgan fingerprint density at radius 2 is 0.822 bits per heavy atom. The van der Waals surface area contributed by atoms with Crippen molar-refractivity contribution in [1.29, 1.82) is 0 Å². The monoisotopic (exact) mass is 938 g/mol. The third-order valence-electron chi connectivity index (χ3n) is 14.4. The van der Waals surface area contributed by atoms with Gasteiger partial charge in [-0.1, -0.05) is 178 Å². The predicted octanol–water partition coefficient (Wildman–Crippen LogP) is 18.5. The van der Waals surface area contributed by atoms with Gasteiger partial charge < -0.3 is 13.3 Å². The summed E-state index contributed by atoms with van der Waals surface area (Å²) in [5.74, 6) is 1.49. The third-order valence-corrected chi connectivity index (χ3v) is 14.4. The first-order valence-corrected chi connectivity index (χ1v) is 24.9. The summed E-state index contributed by atoms with van der Waals surface area (Å²) < 4.78 is 22.2. The summed E-state index contributed by atoms with van der Waals surface area (Å²) in [7, 11) is 0. The van der Waals surface area contributed by atoms with Gasteiger partial charge in [-0.25, -0.2) is 4.98 Å². The van der Waals surface area contributed by atoms with Crippen molar-refractivity contribution >= 4 is 120 Å². The lowest BCUT2D eigenvalue weighted by Gasteiger charge is -2.15. The van der Waals surface area contributed by atoms with Gasteiger partial charge in [0.2, 0.25) is 5.95 Å². The van der Waals surface area contributed by atoms with E-state index < -0.39 is 0 Å². The van der Waals surface area contributed by atoms with Crippen LogP contribution in [0, 0.1) is 0 Å². The van der Waals surface area contributed by atoms with E-state index in [9.17, 15) is 0 Å². The molecule has 0 amide bonds. The maximum atomic E-state index is 6.95. The van der Waals surface area contributed by atoms with Gasteiger partial charge in [0.1, 0.15) is 33.5 Å². The van der Waals surface area contributed by atoms with Gasteiger partial charge in [-0.3, -0.25) is 4.57 Å². The van der Waals surface area contributed by atoms with Crippen LogP contribution in [0.4, 0.5) is 0 Å². The van der Waals surface area contributed by atoms with Gasteiger partial charge in [0.05, 0.1) is 11.0 Å². The Morgan fingerprint density at radius 3 is 1.44 bits per heavy atom. The molecule has 0 aliphatic rings. The summed E-state index contributed by atoms with van der Waals surface area (Å²) in [6, 6.07) is 72.0. The average Bonchev–Trinajstić information content (AvgIpc) is 4.21. The first-order chi connectivity index (χ1) is 36.1. The van der Waals surface area contributed by atoms with Crippen LogP contribution in [-0.2, 0) is 0 Å². The molecule has 0 atom stereocenters. The van der Waals surface area contributed by atoms with E-state index in [0.29, 0.717) is 17.6 Å². The molecule has 0 saturated heterocycles. The van der Waals surface area contributed by atoms with Gasteiger partial charge in [-0.05, 0) is 75.5 Å². The molecule has 73 heavy (non-hydrogen) atoms. The van der Waals surface area contributed by atoms with Gasteiger partial charge in [0.15, 0.2) is 11.6 Å². The second kappa shape index (κ2) is 16.0. The highest BCUT2D eigenvalue weighted by Gasteiger charge is 2.27. The van der Waals surface area contributed by atoms with Gasteiger partial charge in [0, 0.05) is 70.7 Å². The van der Waals surface area contributed by atoms with Crippen LogP contribution in [0.2, 0.25) is 0 Å². The van der Waals surface area contributed by atoms with E-state index in [1.165, 1.54) is 11.8 Å². The van der Waals surface area contributed by atoms with E-state index in [2.05, 4.69) is 182 Å². The van der Waals surface area contributed by atoms with Crippen molar-refractivity contribution in [3.05, 3.63) is 206 Å². The summed E-state index contributed by atoms with van der Waals surface area (Å²) in [4.78, 5) is 16.5. The fraction of sp³-hybridized carbons (Fsp3) is 0.0455. The molecule has 0 radical (unpaired) electrons. The molecule has 0 saturated carbocycles. The summed E-state index contributed by atoms with van der Waals surface area (Å²) in [5.41, 5.74) is 10.4. The molecule has 0 spiro atoms. The minimum absolute atomic E-state index is 0.475. The van der Waals surface area contributed by atoms with Gasteiger partial charge in [0.25, 0.3) is 0 Å². The smallest absolute Gasteiger partial charge is 0.238 e. The molecule has 16 aromatic rings. The average molecular weight is 939 g/mol. The van der Waals surface area contributed by atoms with Crippen LogP contribution in [0.25, 0.3) is 160 Å². The third kappa shape index (κ3) is 6.15. The topological polar surface area (TPSA) is 83.0 Å². The van der Waals surface area contributed by atoms with Crippen LogP contribution >= 0.6 is 0 Å². The van der Waals surface area contributed by atoms with Gasteiger partial charge in [-0.2, -0.15) is 9.97 Å². The highest BCUT2D eigenvalue weighted by atomic mass is 16.3. The molecule has 7 nitrogen and oxygen atoms in total. The number of furan rings is 3. The SMILES string of the molecule is CCC.c1ccc2c(-c3cccc4c5c6ccccc6c6ccccc6c5n(-c5nc(-c6ccc7c(c6)oc6ccccc67)nc(-c6ccc7c(c6)oc6ccccc67)n5)c34)c3oc4ccccc4c3cc2c1. The van der Waals surface area contributed by atoms with Crippen molar-refractivity contribution in [3.63, 3.8) is 0 Å². The van der Waals surface area contributed by atoms with Crippen molar-refractivity contribution in [2.45, 2.75) is 20.3 Å². The van der Waals surface area contributed by atoms with Crippen molar-refractivity contribution in [2.75, 3.05) is 0 Å². The minimum Gasteiger partial charge on any atom is -0.456 e. The molecule has 0 unspecified atom stereocenters. The Bertz CT molecular complexity index is 4800. The maximum absolute atomic E-state index is 6.95. The number of aromatic nitrogens is 4. The number of fused-ring (bicyclic) bond motifs is 18. The molecule has 5 aromatic heterocycles. The highest BCUT2D eigenvalue weighted by Crippen LogP contribution is 2.49. The van der Waals surface area contributed by atoms with Gasteiger partial charge >= 0.3 is 0 Å². The lowest BCUT2D eigenvalue weighted by molar-refractivity contribution is 0.668. The molecule has 0 fully saturated rings. The number of nitrogens with zero attached hydrogens (tertiary/aromatic N) is 4. The van der Waals surface area contributed by atoms with Crippen molar-refractivity contribution in [2.24, 2.45) is 0 Å². The number of hydrogen-bond donors (Lipinski definition) is 0. The van der Waals surface area contributed by atoms with Crippen molar-refractivity contribution in [3.8, 4) is 39.9 Å². The zero-order valence-corrected chi connectivity index (χ0v) is 39.9. The van der Waals surface area contributed by atoms with Crippen LogP contribution in [-0.4, -0.2) is 19.5 Å². The highest BCUT2D eigenvalue weighted by molar-refractivity contribution is 6.34. The molecule has 344 valence electrons. The lowest BCUT2D eigenvalue weighted by Crippen LogP contribution is -2.07. The molecule has 16 rings (SSSR count). The van der Waals surface area contributed by atoms with Crippen LogP contribution < -0.4 is 0 Å². The van der Waals surface area contributed by atoms with E-state index in [1.54, 1.807) is 0 Å². The summed E-state index contributed by atoms with van der Waals surface area (Å²) in [5, 5.41) is 15.3. The van der Waals surface area contributed by atoms with Crippen LogP contribution in [0.3, 0.4) is 0 Å². The van der Waals surface area contributed by atoms with Crippen molar-refractivity contribution in [1.82, 2.24) is 19.5 Å². The Labute approximate surface area is 417 Å². The molecule has 0 bridgehead atoms. The standard InChI is InChI=1S/C63H34N4O3.C3H8/c1-2-15-38-35(14-1)32-50-43-20-9-12-27-53(43)70-60(50)57(38)49-24-13-23-48-56-46-21-5-3-16-39(46)40-17-4-6-22-47(40)59(56)67(58(48)49)63-65-61(36-28-30-44-41-18-7-10-25-51(41)68-54(44)33-36)64-62(66-63)37-29-31-45-42-19-8-11-26-52(42)69-55(45)34-37;1-3-2/h1-34H;3H2,1-2H3. The molecular weight excluding hydrogens is 897 g/mol. The molecule has 11 aromatic carbocycles. The summed E-state index contributed by atoms with van der Waals surface area (Å²) >= 11 is 0. The van der Waals surface area contributed by atoms with Crippen molar-refractivity contribution < 1.29 is 13.3 Å². The molecule has 0 N–H and O–H groups in total. The van der Waals surface area contributed by atoms with E-state index in [4.69, 9.17) is 28.2 Å². The molecule has 5 heterocycles. The molecule has 0 aliphatic heterocycles. The Morgan fingerprint density at radius 1 is 0.356 bits per heavy atom. The maximum Gasteiger partial charge on any atom is 0.238 e. The Kier molecular flexibility index (Phi) is 9.02.